The summed E-state index contributed by atoms with van der Waals surface area (Å²) in [6.07, 6.45) is 0. The van der Waals surface area contributed by atoms with E-state index in [0.29, 0.717) is 31.9 Å². The van der Waals surface area contributed by atoms with Gasteiger partial charge in [0.1, 0.15) is 0 Å². The number of hydrogen-bond acceptors (Lipinski definition) is 2. The molecule has 0 aromatic heterocycles. The Morgan fingerprint density at radius 2 is 1.94 bits per heavy atom. The molecule has 18 heavy (non-hydrogen) atoms. The third-order valence-corrected chi connectivity index (χ3v) is 2.86. The second kappa shape index (κ2) is 4.97. The number of morpholine rings is 1. The highest BCUT2D eigenvalue weighted by atomic mass is 19.2. The van der Waals surface area contributed by atoms with Crippen LogP contribution >= 0.6 is 0 Å². The minimum Gasteiger partial charge on any atom is -0.377 e. The maximum absolute atomic E-state index is 13.1. The number of halogens is 3. The summed E-state index contributed by atoms with van der Waals surface area (Å²) in [6.45, 7) is 2.87. The van der Waals surface area contributed by atoms with Crippen LogP contribution in [0.3, 0.4) is 0 Å². The van der Waals surface area contributed by atoms with Gasteiger partial charge in [-0.1, -0.05) is 0 Å². The molecular formula is C12H12F3NO2. The van der Waals surface area contributed by atoms with Crippen LogP contribution in [-0.4, -0.2) is 36.6 Å². The zero-order valence-electron chi connectivity index (χ0n) is 9.75. The van der Waals surface area contributed by atoms with Crippen molar-refractivity contribution in [1.82, 2.24) is 4.90 Å². The molecule has 0 N–H and O–H groups in total. The molecule has 98 valence electrons. The SMILES string of the molecule is CC1COCCN1C(=O)c1cc(F)c(F)c(F)c1. The minimum absolute atomic E-state index is 0.178. The minimum atomic E-state index is -1.57. The monoisotopic (exact) mass is 259 g/mol. The number of carbonyl (C=O) groups is 1. The maximum Gasteiger partial charge on any atom is 0.254 e. The van der Waals surface area contributed by atoms with Gasteiger partial charge in [0.25, 0.3) is 5.91 Å². The highest BCUT2D eigenvalue weighted by molar-refractivity contribution is 5.94. The first-order valence-corrected chi connectivity index (χ1v) is 5.54. The summed E-state index contributed by atoms with van der Waals surface area (Å²) in [6, 6.07) is 1.24. The van der Waals surface area contributed by atoms with Gasteiger partial charge in [-0.15, -0.1) is 0 Å². The molecule has 1 amide bonds. The average Bonchev–Trinajstić information content (AvgIpc) is 2.35. The summed E-state index contributed by atoms with van der Waals surface area (Å²) >= 11 is 0. The van der Waals surface area contributed by atoms with Gasteiger partial charge in [0, 0.05) is 12.1 Å². The van der Waals surface area contributed by atoms with Crippen LogP contribution < -0.4 is 0 Å². The quantitative estimate of drug-likeness (QED) is 0.722. The Bertz CT molecular complexity index is 455. The molecule has 0 radical (unpaired) electrons. The topological polar surface area (TPSA) is 29.5 Å². The molecule has 1 aliphatic heterocycles. The van der Waals surface area contributed by atoms with Crippen LogP contribution in [0.4, 0.5) is 13.2 Å². The van der Waals surface area contributed by atoms with Crippen molar-refractivity contribution in [2.24, 2.45) is 0 Å². The Balaban J connectivity index is 2.28. The Morgan fingerprint density at radius 1 is 1.33 bits per heavy atom. The first-order chi connectivity index (χ1) is 8.50. The predicted octanol–water partition coefficient (Wildman–Crippen LogP) is 1.96. The first kappa shape index (κ1) is 12.9. The van der Waals surface area contributed by atoms with Crippen LogP contribution in [0.1, 0.15) is 17.3 Å². The van der Waals surface area contributed by atoms with Crippen molar-refractivity contribution in [3.8, 4) is 0 Å². The molecule has 1 aliphatic rings. The summed E-state index contributed by atoms with van der Waals surface area (Å²) in [5.74, 6) is -4.82. The van der Waals surface area contributed by atoms with Crippen molar-refractivity contribution in [3.63, 3.8) is 0 Å². The first-order valence-electron chi connectivity index (χ1n) is 5.54. The lowest BCUT2D eigenvalue weighted by molar-refractivity contribution is 0.00354. The second-order valence-corrected chi connectivity index (χ2v) is 4.18. The number of nitrogens with zero attached hydrogens (tertiary/aromatic N) is 1. The Morgan fingerprint density at radius 3 is 2.50 bits per heavy atom. The summed E-state index contributed by atoms with van der Waals surface area (Å²) in [5.41, 5.74) is -0.194. The normalized spacial score (nSPS) is 20.0. The van der Waals surface area contributed by atoms with Crippen molar-refractivity contribution in [2.45, 2.75) is 13.0 Å². The van der Waals surface area contributed by atoms with E-state index in [4.69, 9.17) is 4.74 Å². The van der Waals surface area contributed by atoms with Crippen molar-refractivity contribution in [3.05, 3.63) is 35.1 Å². The van der Waals surface area contributed by atoms with E-state index in [1.54, 1.807) is 6.92 Å². The summed E-state index contributed by atoms with van der Waals surface area (Å²) in [7, 11) is 0. The number of amides is 1. The van der Waals surface area contributed by atoms with Crippen LogP contribution in [-0.2, 0) is 4.74 Å². The van der Waals surface area contributed by atoms with Crippen LogP contribution in [0.25, 0.3) is 0 Å². The van der Waals surface area contributed by atoms with E-state index in [9.17, 15) is 18.0 Å². The summed E-state index contributed by atoms with van der Waals surface area (Å²) in [4.78, 5) is 13.5. The van der Waals surface area contributed by atoms with Crippen LogP contribution in [0.5, 0.6) is 0 Å². The van der Waals surface area contributed by atoms with E-state index in [2.05, 4.69) is 0 Å². The standard InChI is InChI=1S/C12H12F3NO2/c1-7-6-18-3-2-16(7)12(17)8-4-9(13)11(15)10(14)5-8/h4-5,7H,2-3,6H2,1H3. The zero-order valence-corrected chi connectivity index (χ0v) is 9.75. The maximum atomic E-state index is 13.1. The molecule has 2 rings (SSSR count). The van der Waals surface area contributed by atoms with E-state index >= 15 is 0 Å². The van der Waals surface area contributed by atoms with Gasteiger partial charge in [-0.3, -0.25) is 4.79 Å². The van der Waals surface area contributed by atoms with Gasteiger partial charge < -0.3 is 9.64 Å². The molecule has 1 heterocycles. The van der Waals surface area contributed by atoms with E-state index in [0.717, 1.165) is 0 Å². The molecule has 1 unspecified atom stereocenters. The molecule has 1 saturated heterocycles. The van der Waals surface area contributed by atoms with E-state index < -0.39 is 23.4 Å². The van der Waals surface area contributed by atoms with Crippen molar-refractivity contribution >= 4 is 5.91 Å². The molecule has 0 aliphatic carbocycles. The van der Waals surface area contributed by atoms with Gasteiger partial charge in [0.2, 0.25) is 0 Å². The van der Waals surface area contributed by atoms with Crippen LogP contribution in [0.2, 0.25) is 0 Å². The lowest BCUT2D eigenvalue weighted by atomic mass is 10.1. The highest BCUT2D eigenvalue weighted by Gasteiger charge is 2.26. The van der Waals surface area contributed by atoms with E-state index in [-0.39, 0.29) is 11.6 Å². The molecule has 6 heteroatoms. The van der Waals surface area contributed by atoms with Gasteiger partial charge in [0.05, 0.1) is 19.3 Å². The number of rotatable bonds is 1. The fourth-order valence-corrected chi connectivity index (χ4v) is 1.87. The molecule has 1 aromatic rings. The number of hydrogen-bond donors (Lipinski definition) is 0. The number of ether oxygens (including phenoxy) is 1. The zero-order chi connectivity index (χ0) is 13.3. The molecule has 1 atom stereocenters. The summed E-state index contributed by atoms with van der Waals surface area (Å²) in [5, 5.41) is 0. The van der Waals surface area contributed by atoms with Crippen molar-refractivity contribution in [1.29, 1.82) is 0 Å². The summed E-state index contributed by atoms with van der Waals surface area (Å²) < 4.78 is 44.1. The van der Waals surface area contributed by atoms with Gasteiger partial charge in [-0.25, -0.2) is 13.2 Å². The van der Waals surface area contributed by atoms with Crippen LogP contribution in [0, 0.1) is 17.5 Å². The van der Waals surface area contributed by atoms with Crippen molar-refractivity contribution in [2.75, 3.05) is 19.8 Å². The second-order valence-electron chi connectivity index (χ2n) is 4.18. The molecule has 3 nitrogen and oxygen atoms in total. The number of benzene rings is 1. The predicted molar refractivity (Wildman–Crippen MR) is 57.6 cm³/mol. The van der Waals surface area contributed by atoms with Gasteiger partial charge in [-0.2, -0.15) is 0 Å². The lowest BCUT2D eigenvalue weighted by Gasteiger charge is -2.33. The number of carbonyl (C=O) groups excluding carboxylic acids is 1. The van der Waals surface area contributed by atoms with E-state index in [1.807, 2.05) is 0 Å². The molecule has 1 aromatic carbocycles. The molecular weight excluding hydrogens is 247 g/mol. The lowest BCUT2D eigenvalue weighted by Crippen LogP contribution is -2.47. The van der Waals surface area contributed by atoms with Gasteiger partial charge in [-0.05, 0) is 19.1 Å². The molecule has 0 saturated carbocycles. The van der Waals surface area contributed by atoms with E-state index in [1.165, 1.54) is 4.90 Å². The fourth-order valence-electron chi connectivity index (χ4n) is 1.87. The third kappa shape index (κ3) is 2.33. The smallest absolute Gasteiger partial charge is 0.254 e. The Kier molecular flexibility index (Phi) is 3.56. The van der Waals surface area contributed by atoms with Gasteiger partial charge >= 0.3 is 0 Å². The molecule has 1 fully saturated rings. The van der Waals surface area contributed by atoms with Crippen LogP contribution in [0.15, 0.2) is 12.1 Å². The van der Waals surface area contributed by atoms with Crippen molar-refractivity contribution < 1.29 is 22.7 Å². The largest absolute Gasteiger partial charge is 0.377 e. The Hall–Kier alpha value is -1.56. The molecule has 0 bridgehead atoms. The average molecular weight is 259 g/mol. The Labute approximate surface area is 102 Å². The fraction of sp³-hybridized carbons (Fsp3) is 0.417. The third-order valence-electron chi connectivity index (χ3n) is 2.86. The highest BCUT2D eigenvalue weighted by Crippen LogP contribution is 2.17. The van der Waals surface area contributed by atoms with Gasteiger partial charge in [0.15, 0.2) is 17.5 Å². The molecule has 0 spiro atoms.